The Morgan fingerprint density at radius 3 is 1.54 bits per heavy atom. The van der Waals surface area contributed by atoms with Crippen molar-refractivity contribution in [2.24, 2.45) is 0 Å². The Morgan fingerprint density at radius 1 is 0.373 bits per heavy atom. The molecule has 0 N–H and O–H groups in total. The largest absolute Gasteiger partial charge is 0.310 e. The highest BCUT2D eigenvalue weighted by molar-refractivity contribution is 6.02. The van der Waals surface area contributed by atoms with Crippen molar-refractivity contribution in [3.8, 4) is 55.6 Å². The molecule has 0 saturated carbocycles. The SMILES string of the molecule is [2H]c1c([2H])c([2H])c(-c2c([2H])c([2H])c(N(c3ccc4c(c3)C(C)(C)c3ccccc3-4)c3ccccc3-c3cccc4c3-c3ccccc3C43c4ccccc4-c4ccccc43)c([2H])c2[2H])c([2H])c1[2H]. The van der Waals surface area contributed by atoms with Gasteiger partial charge in [0.25, 0.3) is 0 Å². The summed E-state index contributed by atoms with van der Waals surface area (Å²) in [7, 11) is 0. The first-order valence-corrected chi connectivity index (χ1v) is 20.0. The standard InChI is InChI=1S/C58H41N/c1-57(2)49-25-11-6-19-42(49)45-36-35-41(37-54(45)57)59(40-33-31-39(32-34-40)38-17-4-3-5-18-38)55-30-15-10-22-46(55)47-24-16-29-53-56(47)48-23-9-14-28-52(48)58(53)50-26-12-7-20-43(50)44-21-8-13-27-51(44)58/h3-37H,1-2H3/i3D,4D,5D,17D,18D,31D,32D,33D,34D. The highest BCUT2D eigenvalue weighted by Gasteiger charge is 2.52. The number of fused-ring (bicyclic) bond motifs is 13. The normalized spacial score (nSPS) is 16.3. The number of anilines is 3. The molecule has 0 aliphatic heterocycles. The van der Waals surface area contributed by atoms with Crippen molar-refractivity contribution in [3.05, 3.63) is 245 Å². The average Bonchev–Trinajstić information content (AvgIpc) is 3.93. The predicted octanol–water partition coefficient (Wildman–Crippen LogP) is 15.1. The smallest absolute Gasteiger partial charge is 0.0725 e. The summed E-state index contributed by atoms with van der Waals surface area (Å²) in [5, 5.41) is 0. The minimum Gasteiger partial charge on any atom is -0.310 e. The van der Waals surface area contributed by atoms with Gasteiger partial charge >= 0.3 is 0 Å². The van der Waals surface area contributed by atoms with Crippen LogP contribution in [0.4, 0.5) is 17.1 Å². The first-order chi connectivity index (χ1) is 32.8. The molecule has 12 rings (SSSR count). The Bertz CT molecular complexity index is 3580. The molecule has 0 bridgehead atoms. The molecule has 0 unspecified atom stereocenters. The van der Waals surface area contributed by atoms with Crippen LogP contribution in [0, 0.1) is 0 Å². The zero-order valence-electron chi connectivity index (χ0n) is 41.5. The van der Waals surface area contributed by atoms with Gasteiger partial charge in [-0.3, -0.25) is 0 Å². The zero-order valence-corrected chi connectivity index (χ0v) is 32.5. The lowest BCUT2D eigenvalue weighted by molar-refractivity contribution is 0.660. The fraction of sp³-hybridized carbons (Fsp3) is 0.0690. The number of hydrogen-bond acceptors (Lipinski definition) is 1. The van der Waals surface area contributed by atoms with Crippen LogP contribution in [-0.4, -0.2) is 0 Å². The molecule has 1 heteroatoms. The monoisotopic (exact) mass is 760 g/mol. The highest BCUT2D eigenvalue weighted by atomic mass is 15.1. The molecule has 59 heavy (non-hydrogen) atoms. The molecule has 278 valence electrons. The van der Waals surface area contributed by atoms with Gasteiger partial charge in [0.2, 0.25) is 0 Å². The van der Waals surface area contributed by atoms with Crippen LogP contribution in [0.1, 0.15) is 59.6 Å². The number of hydrogen-bond donors (Lipinski definition) is 0. The minimum atomic E-state index is -0.623. The zero-order chi connectivity index (χ0) is 47.1. The third kappa shape index (κ3) is 4.67. The second-order valence-corrected chi connectivity index (χ2v) is 16.1. The summed E-state index contributed by atoms with van der Waals surface area (Å²) in [6.07, 6.45) is 0. The van der Waals surface area contributed by atoms with E-state index in [1.807, 2.05) is 47.4 Å². The number of nitrogens with zero attached hydrogens (tertiary/aromatic N) is 1. The van der Waals surface area contributed by atoms with E-state index in [-0.39, 0.29) is 16.8 Å². The summed E-state index contributed by atoms with van der Waals surface area (Å²) in [6, 6.07) is 49.8. The van der Waals surface area contributed by atoms with Gasteiger partial charge in [-0.05, 0) is 114 Å². The van der Waals surface area contributed by atoms with Crippen molar-refractivity contribution in [2.75, 3.05) is 4.90 Å². The number of benzene rings is 9. The van der Waals surface area contributed by atoms with Gasteiger partial charge in [0.1, 0.15) is 0 Å². The summed E-state index contributed by atoms with van der Waals surface area (Å²) in [6.45, 7) is 4.37. The van der Waals surface area contributed by atoms with Crippen LogP contribution in [0.5, 0.6) is 0 Å². The lowest BCUT2D eigenvalue weighted by Crippen LogP contribution is -2.25. The Hall–Kier alpha value is -7.22. The van der Waals surface area contributed by atoms with Gasteiger partial charge in [0.05, 0.1) is 23.4 Å². The van der Waals surface area contributed by atoms with E-state index in [2.05, 4.69) is 129 Å². The van der Waals surface area contributed by atoms with Crippen LogP contribution in [-0.2, 0) is 10.8 Å². The van der Waals surface area contributed by atoms with Crippen molar-refractivity contribution < 1.29 is 12.3 Å². The van der Waals surface area contributed by atoms with Gasteiger partial charge in [-0.1, -0.05) is 196 Å². The van der Waals surface area contributed by atoms with Gasteiger partial charge in [-0.2, -0.15) is 0 Å². The molecule has 0 atom stereocenters. The third-order valence-electron chi connectivity index (χ3n) is 12.9. The van der Waals surface area contributed by atoms with Crippen LogP contribution < -0.4 is 4.90 Å². The molecular formula is C58H41N. The molecule has 0 fully saturated rings. The summed E-state index contributed by atoms with van der Waals surface area (Å²) < 4.78 is 81.4. The van der Waals surface area contributed by atoms with Gasteiger partial charge in [-0.15, -0.1) is 0 Å². The second-order valence-electron chi connectivity index (χ2n) is 16.1. The van der Waals surface area contributed by atoms with E-state index in [9.17, 15) is 5.48 Å². The third-order valence-corrected chi connectivity index (χ3v) is 12.9. The maximum Gasteiger partial charge on any atom is 0.0725 e. The molecule has 3 aliphatic rings. The molecule has 0 amide bonds. The Labute approximate surface area is 359 Å². The summed E-state index contributed by atoms with van der Waals surface area (Å²) in [5.41, 5.74) is 14.8. The van der Waals surface area contributed by atoms with Crippen LogP contribution in [0.2, 0.25) is 0 Å². The van der Waals surface area contributed by atoms with Crippen molar-refractivity contribution >= 4 is 17.1 Å². The van der Waals surface area contributed by atoms with E-state index in [0.717, 1.165) is 44.5 Å². The van der Waals surface area contributed by atoms with Crippen LogP contribution in [0.25, 0.3) is 55.6 Å². The van der Waals surface area contributed by atoms with E-state index in [4.69, 9.17) is 6.85 Å². The lowest BCUT2D eigenvalue weighted by Gasteiger charge is -2.31. The van der Waals surface area contributed by atoms with Crippen LogP contribution in [0.15, 0.2) is 212 Å². The Kier molecular flexibility index (Phi) is 5.55. The predicted molar refractivity (Wildman–Crippen MR) is 246 cm³/mol. The van der Waals surface area contributed by atoms with Crippen LogP contribution >= 0.6 is 0 Å². The fourth-order valence-corrected chi connectivity index (χ4v) is 10.4. The number of para-hydroxylation sites is 1. The molecule has 0 heterocycles. The Balaban J connectivity index is 1.15. The summed E-state index contributed by atoms with van der Waals surface area (Å²) in [4.78, 5) is 1.82. The van der Waals surface area contributed by atoms with E-state index in [0.29, 0.717) is 11.4 Å². The quantitative estimate of drug-likeness (QED) is 0.169. The first kappa shape index (κ1) is 25.9. The molecule has 9 aromatic rings. The minimum absolute atomic E-state index is 0.0417. The molecule has 9 aromatic carbocycles. The second kappa shape index (κ2) is 12.6. The van der Waals surface area contributed by atoms with Crippen LogP contribution in [0.3, 0.4) is 0 Å². The molecule has 3 aliphatic carbocycles. The van der Waals surface area contributed by atoms with Gasteiger partial charge in [0.15, 0.2) is 0 Å². The average molecular weight is 761 g/mol. The van der Waals surface area contributed by atoms with Gasteiger partial charge in [0, 0.05) is 22.4 Å². The lowest BCUT2D eigenvalue weighted by atomic mass is 9.70. The summed E-state index contributed by atoms with van der Waals surface area (Å²) >= 11 is 0. The van der Waals surface area contributed by atoms with E-state index in [1.54, 1.807) is 0 Å². The molecular weight excluding hydrogens is 711 g/mol. The maximum atomic E-state index is 9.83. The van der Waals surface area contributed by atoms with Gasteiger partial charge in [-0.25, -0.2) is 0 Å². The van der Waals surface area contributed by atoms with Crippen molar-refractivity contribution in [1.29, 1.82) is 0 Å². The van der Waals surface area contributed by atoms with E-state index < -0.39 is 65.2 Å². The highest BCUT2D eigenvalue weighted by Crippen LogP contribution is 2.64. The molecule has 0 aromatic heterocycles. The molecule has 0 saturated heterocycles. The van der Waals surface area contributed by atoms with E-state index >= 15 is 0 Å². The molecule has 1 spiro atoms. The van der Waals surface area contributed by atoms with E-state index in [1.165, 1.54) is 33.4 Å². The number of rotatable bonds is 5. The Morgan fingerprint density at radius 2 is 0.864 bits per heavy atom. The van der Waals surface area contributed by atoms with Gasteiger partial charge < -0.3 is 4.90 Å². The topological polar surface area (TPSA) is 3.24 Å². The fourth-order valence-electron chi connectivity index (χ4n) is 10.4. The van der Waals surface area contributed by atoms with Crippen molar-refractivity contribution in [2.45, 2.75) is 24.7 Å². The first-order valence-electron chi connectivity index (χ1n) is 24.5. The molecule has 0 radical (unpaired) electrons. The van der Waals surface area contributed by atoms with Crippen molar-refractivity contribution in [3.63, 3.8) is 0 Å². The molecule has 1 nitrogen and oxygen atoms in total. The van der Waals surface area contributed by atoms with Crippen molar-refractivity contribution in [1.82, 2.24) is 0 Å². The summed E-state index contributed by atoms with van der Waals surface area (Å²) in [5.74, 6) is 0. The maximum absolute atomic E-state index is 9.83.